The van der Waals surface area contributed by atoms with E-state index in [2.05, 4.69) is 39.2 Å². The molecule has 1 aliphatic heterocycles. The molecule has 1 amide bonds. The van der Waals surface area contributed by atoms with Gasteiger partial charge in [-0.3, -0.25) is 9.69 Å². The summed E-state index contributed by atoms with van der Waals surface area (Å²) < 4.78 is 4.88. The van der Waals surface area contributed by atoms with Crippen LogP contribution in [0.4, 0.5) is 5.69 Å². The Morgan fingerprint density at radius 2 is 2.00 bits per heavy atom. The van der Waals surface area contributed by atoms with Gasteiger partial charge in [0.1, 0.15) is 0 Å². The van der Waals surface area contributed by atoms with Crippen LogP contribution in [-0.4, -0.2) is 36.5 Å². The van der Waals surface area contributed by atoms with E-state index >= 15 is 0 Å². The van der Waals surface area contributed by atoms with Crippen molar-refractivity contribution in [3.63, 3.8) is 0 Å². The van der Waals surface area contributed by atoms with E-state index < -0.39 is 0 Å². The number of thiophene rings is 2. The van der Waals surface area contributed by atoms with Crippen molar-refractivity contribution in [2.75, 3.05) is 25.0 Å². The maximum atomic E-state index is 12.8. The topological polar surface area (TPSA) is 58.6 Å². The number of amides is 1. The van der Waals surface area contributed by atoms with Gasteiger partial charge in [-0.25, -0.2) is 4.79 Å². The van der Waals surface area contributed by atoms with Gasteiger partial charge in [-0.1, -0.05) is 18.2 Å². The first-order valence-electron chi connectivity index (χ1n) is 10.2. The number of fused-ring (bicyclic) bond motifs is 1. The summed E-state index contributed by atoms with van der Waals surface area (Å²) in [6.45, 7) is 3.32. The van der Waals surface area contributed by atoms with Gasteiger partial charge in [0.15, 0.2) is 0 Å². The van der Waals surface area contributed by atoms with Crippen LogP contribution >= 0.6 is 22.7 Å². The van der Waals surface area contributed by atoms with Crippen LogP contribution in [0.25, 0.3) is 6.08 Å². The van der Waals surface area contributed by atoms with Crippen LogP contribution in [0.5, 0.6) is 0 Å². The minimum Gasteiger partial charge on any atom is -0.463 e. The summed E-state index contributed by atoms with van der Waals surface area (Å²) in [6, 6.07) is 13.9. The zero-order valence-corrected chi connectivity index (χ0v) is 18.9. The number of hydrogen-bond acceptors (Lipinski definition) is 6. The summed E-state index contributed by atoms with van der Waals surface area (Å²) >= 11 is 3.54. The van der Waals surface area contributed by atoms with Gasteiger partial charge < -0.3 is 10.1 Å². The fourth-order valence-electron chi connectivity index (χ4n) is 3.74. The second kappa shape index (κ2) is 10.0. The summed E-state index contributed by atoms with van der Waals surface area (Å²) in [6.07, 6.45) is 4.07. The SMILES string of the molecule is CCOC(=O)/C=C/c1ccc(NC(=O)CN2CCc3sccc3C2c2cccs2)cc1. The lowest BCUT2D eigenvalue weighted by atomic mass is 9.98. The molecule has 0 fully saturated rings. The zero-order chi connectivity index (χ0) is 21.6. The molecular weight excluding hydrogens is 428 g/mol. The molecule has 1 aromatic carbocycles. The fraction of sp³-hybridized carbons (Fsp3) is 0.250. The van der Waals surface area contributed by atoms with E-state index in [9.17, 15) is 9.59 Å². The van der Waals surface area contributed by atoms with E-state index in [4.69, 9.17) is 4.74 Å². The van der Waals surface area contributed by atoms with Crippen molar-refractivity contribution in [1.29, 1.82) is 0 Å². The number of nitrogens with one attached hydrogen (secondary N) is 1. The van der Waals surface area contributed by atoms with Gasteiger partial charge in [-0.2, -0.15) is 0 Å². The van der Waals surface area contributed by atoms with Crippen molar-refractivity contribution in [2.45, 2.75) is 19.4 Å². The average molecular weight is 453 g/mol. The molecule has 31 heavy (non-hydrogen) atoms. The molecule has 5 nitrogen and oxygen atoms in total. The number of nitrogens with zero attached hydrogens (tertiary/aromatic N) is 1. The average Bonchev–Trinajstić information content (AvgIpc) is 3.45. The zero-order valence-electron chi connectivity index (χ0n) is 17.2. The number of carbonyl (C=O) groups excluding carboxylic acids is 2. The van der Waals surface area contributed by atoms with Crippen LogP contribution < -0.4 is 5.32 Å². The maximum absolute atomic E-state index is 12.8. The van der Waals surface area contributed by atoms with Gasteiger partial charge in [0.05, 0.1) is 19.2 Å². The number of ether oxygens (including phenoxy) is 1. The van der Waals surface area contributed by atoms with E-state index in [0.29, 0.717) is 13.2 Å². The number of anilines is 1. The van der Waals surface area contributed by atoms with E-state index in [0.717, 1.165) is 24.2 Å². The van der Waals surface area contributed by atoms with Crippen molar-refractivity contribution in [2.24, 2.45) is 0 Å². The van der Waals surface area contributed by atoms with Crippen LogP contribution in [0.2, 0.25) is 0 Å². The summed E-state index contributed by atoms with van der Waals surface area (Å²) in [5.41, 5.74) is 2.92. The van der Waals surface area contributed by atoms with Crippen LogP contribution in [-0.2, 0) is 20.7 Å². The van der Waals surface area contributed by atoms with E-state index in [1.165, 1.54) is 21.4 Å². The molecule has 1 N–H and O–H groups in total. The monoisotopic (exact) mass is 452 g/mol. The molecule has 0 saturated carbocycles. The molecular formula is C24H24N2O3S2. The maximum Gasteiger partial charge on any atom is 0.330 e. The molecule has 3 aromatic rings. The third-order valence-electron chi connectivity index (χ3n) is 5.12. The molecule has 1 aliphatic rings. The molecule has 0 spiro atoms. The Morgan fingerprint density at radius 3 is 2.74 bits per heavy atom. The van der Waals surface area contributed by atoms with Gasteiger partial charge >= 0.3 is 5.97 Å². The number of rotatable bonds is 7. The molecule has 160 valence electrons. The largest absolute Gasteiger partial charge is 0.463 e. The van der Waals surface area contributed by atoms with Crippen molar-refractivity contribution in [1.82, 2.24) is 4.90 Å². The second-order valence-corrected chi connectivity index (χ2v) is 9.17. The summed E-state index contributed by atoms with van der Waals surface area (Å²) in [5.74, 6) is -0.398. The van der Waals surface area contributed by atoms with Crippen molar-refractivity contribution in [3.8, 4) is 0 Å². The standard InChI is InChI=1S/C24H24N2O3S2/c1-2-29-23(28)10-7-17-5-8-18(9-6-17)25-22(27)16-26-13-11-20-19(12-15-31-20)24(26)21-4-3-14-30-21/h3-10,12,14-15,24H,2,11,13,16H2,1H3,(H,25,27)/b10-7+. The highest BCUT2D eigenvalue weighted by atomic mass is 32.1. The summed E-state index contributed by atoms with van der Waals surface area (Å²) in [5, 5.41) is 7.23. The number of esters is 1. The Morgan fingerprint density at radius 1 is 1.16 bits per heavy atom. The van der Waals surface area contributed by atoms with E-state index in [-0.39, 0.29) is 17.9 Å². The quantitative estimate of drug-likeness (QED) is 0.406. The predicted molar refractivity (Wildman–Crippen MR) is 126 cm³/mol. The summed E-state index contributed by atoms with van der Waals surface area (Å²) in [4.78, 5) is 29.2. The highest BCUT2D eigenvalue weighted by Crippen LogP contribution is 2.39. The Bertz CT molecular complexity index is 1050. The van der Waals surface area contributed by atoms with Crippen LogP contribution in [0.1, 0.15) is 33.8 Å². The molecule has 0 aliphatic carbocycles. The minimum atomic E-state index is -0.365. The van der Waals surface area contributed by atoms with Crippen molar-refractivity contribution in [3.05, 3.63) is 80.2 Å². The Labute approximate surface area is 190 Å². The normalized spacial score (nSPS) is 16.2. The smallest absolute Gasteiger partial charge is 0.330 e. The molecule has 0 saturated heterocycles. The lowest BCUT2D eigenvalue weighted by molar-refractivity contribution is -0.137. The first-order chi connectivity index (χ1) is 15.1. The molecule has 2 aromatic heterocycles. The number of hydrogen-bond donors (Lipinski definition) is 1. The molecule has 0 radical (unpaired) electrons. The first kappa shape index (κ1) is 21.5. The molecule has 3 heterocycles. The molecule has 0 bridgehead atoms. The van der Waals surface area contributed by atoms with E-state index in [1.54, 1.807) is 35.7 Å². The summed E-state index contributed by atoms with van der Waals surface area (Å²) in [7, 11) is 0. The van der Waals surface area contributed by atoms with Crippen molar-refractivity contribution < 1.29 is 14.3 Å². The third-order valence-corrected chi connectivity index (χ3v) is 7.04. The third kappa shape index (κ3) is 5.31. The highest BCUT2D eigenvalue weighted by Gasteiger charge is 2.31. The Kier molecular flexibility index (Phi) is 6.96. The van der Waals surface area contributed by atoms with Gasteiger partial charge in [-0.15, -0.1) is 22.7 Å². The number of benzene rings is 1. The van der Waals surface area contributed by atoms with Crippen LogP contribution in [0.15, 0.2) is 59.3 Å². The molecule has 1 unspecified atom stereocenters. The molecule has 7 heteroatoms. The number of carbonyl (C=O) groups is 2. The van der Waals surface area contributed by atoms with Gasteiger partial charge in [0.25, 0.3) is 0 Å². The predicted octanol–water partition coefficient (Wildman–Crippen LogP) is 4.97. The van der Waals surface area contributed by atoms with E-state index in [1.807, 2.05) is 24.3 Å². The highest BCUT2D eigenvalue weighted by molar-refractivity contribution is 7.10. The fourth-order valence-corrected chi connectivity index (χ4v) is 5.52. The lowest BCUT2D eigenvalue weighted by Crippen LogP contribution is -2.40. The van der Waals surface area contributed by atoms with Crippen LogP contribution in [0, 0.1) is 0 Å². The Balaban J connectivity index is 1.40. The van der Waals surface area contributed by atoms with Gasteiger partial charge in [0, 0.05) is 28.1 Å². The first-order valence-corrected chi connectivity index (χ1v) is 12.0. The van der Waals surface area contributed by atoms with Crippen LogP contribution in [0.3, 0.4) is 0 Å². The van der Waals surface area contributed by atoms with Gasteiger partial charge in [0.2, 0.25) is 5.91 Å². The van der Waals surface area contributed by atoms with Crippen molar-refractivity contribution >= 4 is 46.3 Å². The second-order valence-electron chi connectivity index (χ2n) is 7.19. The Hall–Kier alpha value is -2.74. The van der Waals surface area contributed by atoms with Gasteiger partial charge in [-0.05, 0) is 65.6 Å². The minimum absolute atomic E-state index is 0.0324. The molecule has 4 rings (SSSR count). The molecule has 1 atom stereocenters. The lowest BCUT2D eigenvalue weighted by Gasteiger charge is -2.34.